The van der Waals surface area contributed by atoms with Gasteiger partial charge in [-0.05, 0) is 64.4 Å². The number of aliphatic hydroxyl groups excluding tert-OH is 1. The standard InChI is InChI=1S/C22H35N3O3/c1-3-23-22(25-17-11-13-18(26)14-12-17)24-15-16-7-6-10-20(27-2)21(16)28-19-8-4-5-9-19/h6-7,10,17-19,26H,3-5,8-9,11-15H2,1-2H3,(H2,23,24,25). The second-order valence-electron chi connectivity index (χ2n) is 7.82. The molecule has 6 nitrogen and oxygen atoms in total. The third-order valence-electron chi connectivity index (χ3n) is 5.66. The number of rotatable bonds is 7. The number of aliphatic imine (C=N–C) groups is 1. The van der Waals surface area contributed by atoms with Crippen LogP contribution in [-0.4, -0.2) is 43.0 Å². The Balaban J connectivity index is 1.70. The minimum atomic E-state index is -0.148. The maximum Gasteiger partial charge on any atom is 0.191 e. The Bertz CT molecular complexity index is 636. The highest BCUT2D eigenvalue weighted by atomic mass is 16.5. The van der Waals surface area contributed by atoms with Crippen molar-refractivity contribution < 1.29 is 14.6 Å². The van der Waals surface area contributed by atoms with Gasteiger partial charge in [-0.25, -0.2) is 4.99 Å². The van der Waals surface area contributed by atoms with E-state index in [9.17, 15) is 5.11 Å². The van der Waals surface area contributed by atoms with Gasteiger partial charge in [-0.3, -0.25) is 0 Å². The quantitative estimate of drug-likeness (QED) is 0.492. The molecular formula is C22H35N3O3. The largest absolute Gasteiger partial charge is 0.493 e. The van der Waals surface area contributed by atoms with Crippen molar-refractivity contribution in [3.05, 3.63) is 23.8 Å². The van der Waals surface area contributed by atoms with E-state index in [0.29, 0.717) is 12.6 Å². The van der Waals surface area contributed by atoms with E-state index in [2.05, 4.69) is 23.6 Å². The van der Waals surface area contributed by atoms with Gasteiger partial charge in [0.1, 0.15) is 0 Å². The molecule has 156 valence electrons. The Morgan fingerprint density at radius 1 is 1.14 bits per heavy atom. The van der Waals surface area contributed by atoms with Gasteiger partial charge in [0.05, 0.1) is 25.9 Å². The van der Waals surface area contributed by atoms with Crippen LogP contribution in [-0.2, 0) is 6.54 Å². The number of ether oxygens (including phenoxy) is 2. The molecular weight excluding hydrogens is 354 g/mol. The summed E-state index contributed by atoms with van der Waals surface area (Å²) in [5.74, 6) is 2.43. The summed E-state index contributed by atoms with van der Waals surface area (Å²) in [6.45, 7) is 3.41. The average Bonchev–Trinajstić information content (AvgIpc) is 3.22. The highest BCUT2D eigenvalue weighted by Crippen LogP contribution is 2.35. The number of hydrogen-bond donors (Lipinski definition) is 3. The fraction of sp³-hybridized carbons (Fsp3) is 0.682. The van der Waals surface area contributed by atoms with E-state index in [1.807, 2.05) is 12.1 Å². The number of nitrogens with one attached hydrogen (secondary N) is 2. The number of aliphatic hydroxyl groups is 1. The van der Waals surface area contributed by atoms with Gasteiger partial charge in [0.25, 0.3) is 0 Å². The Morgan fingerprint density at radius 2 is 1.89 bits per heavy atom. The van der Waals surface area contributed by atoms with E-state index in [4.69, 9.17) is 14.5 Å². The fourth-order valence-corrected chi connectivity index (χ4v) is 4.05. The molecule has 0 heterocycles. The molecule has 1 aromatic carbocycles. The molecule has 0 aliphatic heterocycles. The normalized spacial score (nSPS) is 23.5. The number of para-hydroxylation sites is 1. The molecule has 0 aromatic heterocycles. The Labute approximate surface area is 168 Å². The predicted octanol–water partition coefficient (Wildman–Crippen LogP) is 3.38. The van der Waals surface area contributed by atoms with E-state index < -0.39 is 0 Å². The molecule has 0 atom stereocenters. The topological polar surface area (TPSA) is 75.1 Å². The second kappa shape index (κ2) is 10.6. The summed E-state index contributed by atoms with van der Waals surface area (Å²) in [7, 11) is 1.69. The molecule has 6 heteroatoms. The summed E-state index contributed by atoms with van der Waals surface area (Å²) in [5, 5.41) is 16.6. The van der Waals surface area contributed by atoms with Crippen molar-refractivity contribution in [1.29, 1.82) is 0 Å². The summed E-state index contributed by atoms with van der Waals surface area (Å²) in [6, 6.07) is 6.37. The molecule has 2 aliphatic carbocycles. The number of benzene rings is 1. The molecule has 2 saturated carbocycles. The molecule has 3 N–H and O–H groups in total. The lowest BCUT2D eigenvalue weighted by Crippen LogP contribution is -2.45. The van der Waals surface area contributed by atoms with E-state index in [-0.39, 0.29) is 12.2 Å². The maximum absolute atomic E-state index is 9.71. The molecule has 3 rings (SSSR count). The predicted molar refractivity (Wildman–Crippen MR) is 112 cm³/mol. The zero-order chi connectivity index (χ0) is 19.8. The van der Waals surface area contributed by atoms with Crippen molar-refractivity contribution in [3.63, 3.8) is 0 Å². The zero-order valence-corrected chi connectivity index (χ0v) is 17.2. The third-order valence-corrected chi connectivity index (χ3v) is 5.66. The molecule has 28 heavy (non-hydrogen) atoms. The number of methoxy groups -OCH3 is 1. The summed E-state index contributed by atoms with van der Waals surface area (Å²) < 4.78 is 11.9. The first-order valence-electron chi connectivity index (χ1n) is 10.7. The fourth-order valence-electron chi connectivity index (χ4n) is 4.05. The number of nitrogens with zero attached hydrogens (tertiary/aromatic N) is 1. The highest BCUT2D eigenvalue weighted by molar-refractivity contribution is 5.80. The van der Waals surface area contributed by atoms with Gasteiger partial charge in [0, 0.05) is 18.2 Å². The monoisotopic (exact) mass is 389 g/mol. The summed E-state index contributed by atoms with van der Waals surface area (Å²) in [6.07, 6.45) is 8.47. The average molecular weight is 390 g/mol. The van der Waals surface area contributed by atoms with Crippen molar-refractivity contribution in [2.45, 2.75) is 83.1 Å². The molecule has 0 unspecified atom stereocenters. The summed E-state index contributed by atoms with van der Waals surface area (Å²) >= 11 is 0. The van der Waals surface area contributed by atoms with Crippen LogP contribution >= 0.6 is 0 Å². The van der Waals surface area contributed by atoms with Crippen LogP contribution in [0, 0.1) is 0 Å². The molecule has 1 aromatic rings. The minimum absolute atomic E-state index is 0.148. The van der Waals surface area contributed by atoms with Crippen LogP contribution in [0.15, 0.2) is 23.2 Å². The van der Waals surface area contributed by atoms with E-state index in [1.165, 1.54) is 12.8 Å². The van der Waals surface area contributed by atoms with Crippen molar-refractivity contribution in [2.75, 3.05) is 13.7 Å². The van der Waals surface area contributed by atoms with Crippen LogP contribution in [0.5, 0.6) is 11.5 Å². The molecule has 0 radical (unpaired) electrons. The first kappa shape index (κ1) is 20.8. The highest BCUT2D eigenvalue weighted by Gasteiger charge is 2.22. The molecule has 0 saturated heterocycles. The molecule has 0 bridgehead atoms. The Kier molecular flexibility index (Phi) is 7.83. The Morgan fingerprint density at radius 3 is 2.57 bits per heavy atom. The van der Waals surface area contributed by atoms with Crippen molar-refractivity contribution in [2.24, 2.45) is 4.99 Å². The number of guanidine groups is 1. The summed E-state index contributed by atoms with van der Waals surface area (Å²) in [4.78, 5) is 4.80. The van der Waals surface area contributed by atoms with Crippen LogP contribution in [0.25, 0.3) is 0 Å². The lowest BCUT2D eigenvalue weighted by molar-refractivity contribution is 0.120. The van der Waals surface area contributed by atoms with Crippen molar-refractivity contribution in [3.8, 4) is 11.5 Å². The second-order valence-corrected chi connectivity index (χ2v) is 7.82. The first-order valence-corrected chi connectivity index (χ1v) is 10.7. The molecule has 2 fully saturated rings. The van der Waals surface area contributed by atoms with Gasteiger partial charge < -0.3 is 25.2 Å². The number of hydrogen-bond acceptors (Lipinski definition) is 4. The molecule has 2 aliphatic rings. The van der Waals surface area contributed by atoms with Crippen LogP contribution < -0.4 is 20.1 Å². The van der Waals surface area contributed by atoms with Crippen molar-refractivity contribution in [1.82, 2.24) is 10.6 Å². The van der Waals surface area contributed by atoms with Crippen LogP contribution in [0.2, 0.25) is 0 Å². The van der Waals surface area contributed by atoms with E-state index in [1.54, 1.807) is 7.11 Å². The SMILES string of the molecule is CCNC(=NCc1cccc(OC)c1OC1CCCC1)NC1CCC(O)CC1. The lowest BCUT2D eigenvalue weighted by atomic mass is 9.93. The Hall–Kier alpha value is -1.95. The van der Waals surface area contributed by atoms with Gasteiger partial charge in [0.15, 0.2) is 17.5 Å². The zero-order valence-electron chi connectivity index (χ0n) is 17.2. The van der Waals surface area contributed by atoms with Crippen LogP contribution in [0.3, 0.4) is 0 Å². The van der Waals surface area contributed by atoms with Gasteiger partial charge in [0.2, 0.25) is 0 Å². The molecule has 0 amide bonds. The smallest absolute Gasteiger partial charge is 0.191 e. The molecule has 0 spiro atoms. The first-order chi connectivity index (χ1) is 13.7. The van der Waals surface area contributed by atoms with Gasteiger partial charge in [-0.1, -0.05) is 12.1 Å². The van der Waals surface area contributed by atoms with Crippen LogP contribution in [0.1, 0.15) is 63.9 Å². The minimum Gasteiger partial charge on any atom is -0.493 e. The van der Waals surface area contributed by atoms with Crippen molar-refractivity contribution >= 4 is 5.96 Å². The summed E-state index contributed by atoms with van der Waals surface area (Å²) in [5.41, 5.74) is 1.04. The van der Waals surface area contributed by atoms with Crippen LogP contribution in [0.4, 0.5) is 0 Å². The van der Waals surface area contributed by atoms with E-state index in [0.717, 1.165) is 68.1 Å². The lowest BCUT2D eigenvalue weighted by Gasteiger charge is -2.27. The maximum atomic E-state index is 9.71. The van der Waals surface area contributed by atoms with Gasteiger partial charge >= 0.3 is 0 Å². The third kappa shape index (κ3) is 5.77. The van der Waals surface area contributed by atoms with Gasteiger partial charge in [-0.15, -0.1) is 0 Å². The van der Waals surface area contributed by atoms with Gasteiger partial charge in [-0.2, -0.15) is 0 Å². The van der Waals surface area contributed by atoms with E-state index >= 15 is 0 Å².